The Bertz CT molecular complexity index is 305. The van der Waals surface area contributed by atoms with E-state index < -0.39 is 0 Å². The van der Waals surface area contributed by atoms with Gasteiger partial charge in [0, 0.05) is 17.5 Å². The van der Waals surface area contributed by atoms with Crippen molar-refractivity contribution in [2.24, 2.45) is 5.73 Å². The van der Waals surface area contributed by atoms with Crippen LogP contribution in [0, 0.1) is 13.8 Å². The minimum absolute atomic E-state index is 0.270. The van der Waals surface area contributed by atoms with E-state index in [0.717, 1.165) is 23.9 Å². The number of nitrogens with two attached hydrogens (primary N) is 1. The maximum Gasteiger partial charge on any atom is 0.119 e. The van der Waals surface area contributed by atoms with Crippen molar-refractivity contribution in [2.45, 2.75) is 26.8 Å². The Hall–Kier alpha value is -0.670. The first-order chi connectivity index (χ1) is 7.58. The van der Waals surface area contributed by atoms with Crippen molar-refractivity contribution >= 4 is 11.8 Å². The van der Waals surface area contributed by atoms with Crippen molar-refractivity contribution < 1.29 is 4.74 Å². The molecular weight excluding hydrogens is 218 g/mol. The van der Waals surface area contributed by atoms with Crippen LogP contribution < -0.4 is 10.5 Å². The second-order valence-electron chi connectivity index (χ2n) is 4.22. The first-order valence-electron chi connectivity index (χ1n) is 5.62. The summed E-state index contributed by atoms with van der Waals surface area (Å²) in [5.41, 5.74) is 8.16. The molecule has 0 fully saturated rings. The molecule has 1 rings (SSSR count). The zero-order valence-electron chi connectivity index (χ0n) is 10.3. The van der Waals surface area contributed by atoms with Crippen LogP contribution in [0.15, 0.2) is 18.2 Å². The molecule has 16 heavy (non-hydrogen) atoms. The maximum absolute atomic E-state index is 5.69. The van der Waals surface area contributed by atoms with Gasteiger partial charge in [-0.05, 0) is 44.0 Å². The van der Waals surface area contributed by atoms with Crippen molar-refractivity contribution in [1.29, 1.82) is 0 Å². The Morgan fingerprint density at radius 1 is 1.25 bits per heavy atom. The molecule has 3 heteroatoms. The third kappa shape index (κ3) is 5.42. The van der Waals surface area contributed by atoms with Crippen LogP contribution in [-0.2, 0) is 0 Å². The largest absolute Gasteiger partial charge is 0.493 e. The van der Waals surface area contributed by atoms with Gasteiger partial charge in [-0.1, -0.05) is 6.07 Å². The summed E-state index contributed by atoms with van der Waals surface area (Å²) < 4.78 is 5.69. The minimum atomic E-state index is 0.270. The van der Waals surface area contributed by atoms with E-state index in [1.165, 1.54) is 11.1 Å². The minimum Gasteiger partial charge on any atom is -0.493 e. The maximum atomic E-state index is 5.69. The molecule has 0 aliphatic heterocycles. The van der Waals surface area contributed by atoms with E-state index in [0.29, 0.717) is 0 Å². The average Bonchev–Trinajstić information content (AvgIpc) is 2.15. The molecule has 2 nitrogen and oxygen atoms in total. The van der Waals surface area contributed by atoms with E-state index in [4.69, 9.17) is 10.5 Å². The fourth-order valence-corrected chi connectivity index (χ4v) is 2.24. The van der Waals surface area contributed by atoms with Gasteiger partial charge in [-0.3, -0.25) is 0 Å². The second-order valence-corrected chi connectivity index (χ2v) is 5.37. The Morgan fingerprint density at radius 3 is 2.44 bits per heavy atom. The summed E-state index contributed by atoms with van der Waals surface area (Å²) in [6.07, 6.45) is 0. The van der Waals surface area contributed by atoms with Crippen LogP contribution in [0.25, 0.3) is 0 Å². The Kier molecular flexibility index (Phi) is 5.71. The lowest BCUT2D eigenvalue weighted by Gasteiger charge is -2.08. The summed E-state index contributed by atoms with van der Waals surface area (Å²) in [5.74, 6) is 2.96. The van der Waals surface area contributed by atoms with Crippen molar-refractivity contribution in [1.82, 2.24) is 0 Å². The highest BCUT2D eigenvalue weighted by atomic mass is 32.2. The predicted molar refractivity (Wildman–Crippen MR) is 72.4 cm³/mol. The molecule has 0 radical (unpaired) electrons. The van der Waals surface area contributed by atoms with Gasteiger partial charge in [-0.2, -0.15) is 11.8 Å². The third-order valence-electron chi connectivity index (χ3n) is 2.07. The van der Waals surface area contributed by atoms with Crippen molar-refractivity contribution in [2.75, 3.05) is 18.1 Å². The molecule has 1 aromatic carbocycles. The highest BCUT2D eigenvalue weighted by Gasteiger charge is 1.98. The van der Waals surface area contributed by atoms with Crippen LogP contribution in [0.1, 0.15) is 18.1 Å². The summed E-state index contributed by atoms with van der Waals surface area (Å²) in [6.45, 7) is 6.95. The van der Waals surface area contributed by atoms with Gasteiger partial charge < -0.3 is 10.5 Å². The third-order valence-corrected chi connectivity index (χ3v) is 3.29. The molecule has 0 aliphatic rings. The van der Waals surface area contributed by atoms with Crippen LogP contribution in [-0.4, -0.2) is 24.2 Å². The molecule has 0 saturated heterocycles. The Balaban J connectivity index is 2.26. The van der Waals surface area contributed by atoms with Gasteiger partial charge in [-0.25, -0.2) is 0 Å². The highest BCUT2D eigenvalue weighted by molar-refractivity contribution is 7.99. The smallest absolute Gasteiger partial charge is 0.119 e. The van der Waals surface area contributed by atoms with Gasteiger partial charge in [0.25, 0.3) is 0 Å². The average molecular weight is 239 g/mol. The van der Waals surface area contributed by atoms with Crippen LogP contribution in [0.3, 0.4) is 0 Å². The molecule has 0 saturated carbocycles. The quantitative estimate of drug-likeness (QED) is 0.775. The molecule has 0 spiro atoms. The van der Waals surface area contributed by atoms with E-state index in [1.807, 2.05) is 18.7 Å². The van der Waals surface area contributed by atoms with Gasteiger partial charge in [-0.15, -0.1) is 0 Å². The molecule has 1 unspecified atom stereocenters. The van der Waals surface area contributed by atoms with E-state index >= 15 is 0 Å². The second kappa shape index (κ2) is 6.81. The SMILES string of the molecule is Cc1cc(C)cc(OCCSCC(C)N)c1. The highest BCUT2D eigenvalue weighted by Crippen LogP contribution is 2.16. The topological polar surface area (TPSA) is 35.2 Å². The van der Waals surface area contributed by atoms with Gasteiger partial charge in [0.15, 0.2) is 0 Å². The summed E-state index contributed by atoms with van der Waals surface area (Å²) in [4.78, 5) is 0. The summed E-state index contributed by atoms with van der Waals surface area (Å²) in [7, 11) is 0. The molecule has 0 aliphatic carbocycles. The fourth-order valence-electron chi connectivity index (χ4n) is 1.50. The van der Waals surface area contributed by atoms with E-state index in [-0.39, 0.29) is 6.04 Å². The lowest BCUT2D eigenvalue weighted by atomic mass is 10.1. The first-order valence-corrected chi connectivity index (χ1v) is 6.78. The van der Waals surface area contributed by atoms with E-state index in [1.54, 1.807) is 0 Å². The molecule has 0 aromatic heterocycles. The number of ether oxygens (including phenoxy) is 1. The lowest BCUT2D eigenvalue weighted by Crippen LogP contribution is -2.18. The molecular formula is C13H21NOS. The normalized spacial score (nSPS) is 12.5. The van der Waals surface area contributed by atoms with Crippen LogP contribution in [0.2, 0.25) is 0 Å². The summed E-state index contributed by atoms with van der Waals surface area (Å²) in [6, 6.07) is 6.57. The molecule has 1 aromatic rings. The molecule has 0 bridgehead atoms. The number of aryl methyl sites for hydroxylation is 2. The van der Waals surface area contributed by atoms with Gasteiger partial charge >= 0.3 is 0 Å². The van der Waals surface area contributed by atoms with E-state index in [9.17, 15) is 0 Å². The first kappa shape index (κ1) is 13.4. The van der Waals surface area contributed by atoms with E-state index in [2.05, 4.69) is 32.0 Å². The molecule has 0 amide bonds. The fraction of sp³-hybridized carbons (Fsp3) is 0.538. The zero-order valence-corrected chi connectivity index (χ0v) is 11.1. The Labute approximate surface area is 103 Å². The van der Waals surface area contributed by atoms with Gasteiger partial charge in [0.05, 0.1) is 6.61 Å². The number of hydrogen-bond acceptors (Lipinski definition) is 3. The van der Waals surface area contributed by atoms with Crippen LogP contribution >= 0.6 is 11.8 Å². The molecule has 2 N–H and O–H groups in total. The Morgan fingerprint density at radius 2 is 1.88 bits per heavy atom. The van der Waals surface area contributed by atoms with Crippen molar-refractivity contribution in [3.05, 3.63) is 29.3 Å². The molecule has 1 atom stereocenters. The monoisotopic (exact) mass is 239 g/mol. The predicted octanol–water partition coefficient (Wildman–Crippen LogP) is 2.76. The zero-order chi connectivity index (χ0) is 12.0. The van der Waals surface area contributed by atoms with Gasteiger partial charge in [0.1, 0.15) is 5.75 Å². The van der Waals surface area contributed by atoms with Crippen molar-refractivity contribution in [3.63, 3.8) is 0 Å². The standard InChI is InChI=1S/C13H21NOS/c1-10-6-11(2)8-13(7-10)15-4-5-16-9-12(3)14/h6-8,12H,4-5,9,14H2,1-3H3. The number of benzene rings is 1. The number of thioether (sulfide) groups is 1. The molecule has 90 valence electrons. The van der Waals surface area contributed by atoms with Crippen LogP contribution in [0.4, 0.5) is 0 Å². The van der Waals surface area contributed by atoms with Gasteiger partial charge in [0.2, 0.25) is 0 Å². The van der Waals surface area contributed by atoms with Crippen LogP contribution in [0.5, 0.6) is 5.75 Å². The summed E-state index contributed by atoms with van der Waals surface area (Å²) >= 11 is 1.84. The lowest BCUT2D eigenvalue weighted by molar-refractivity contribution is 0.343. The molecule has 0 heterocycles. The van der Waals surface area contributed by atoms with Crippen molar-refractivity contribution in [3.8, 4) is 5.75 Å². The number of rotatable bonds is 6. The number of hydrogen-bond donors (Lipinski definition) is 1. The summed E-state index contributed by atoms with van der Waals surface area (Å²) in [5, 5.41) is 0.